The first kappa shape index (κ1) is 17.0. The summed E-state index contributed by atoms with van der Waals surface area (Å²) in [6.45, 7) is 8.08. The van der Waals surface area contributed by atoms with Crippen LogP contribution in [0.4, 0.5) is 0 Å². The highest BCUT2D eigenvalue weighted by Gasteiger charge is 2.34. The van der Waals surface area contributed by atoms with Gasteiger partial charge in [-0.05, 0) is 32.4 Å². The molecule has 1 saturated heterocycles. The van der Waals surface area contributed by atoms with Gasteiger partial charge in [0.15, 0.2) is 0 Å². The number of aryl methyl sites for hydroxylation is 1. The van der Waals surface area contributed by atoms with Crippen LogP contribution in [0.2, 0.25) is 0 Å². The van der Waals surface area contributed by atoms with Gasteiger partial charge in [0.05, 0.1) is 10.4 Å². The van der Waals surface area contributed by atoms with E-state index in [1.165, 1.54) is 11.3 Å². The summed E-state index contributed by atoms with van der Waals surface area (Å²) in [5, 5.41) is 0. The molecule has 0 aromatic carbocycles. The molecule has 122 valence electrons. The minimum Gasteiger partial charge on any atom is -0.338 e. The molecule has 0 radical (unpaired) electrons. The number of nitrogens with two attached hydrogens (primary N) is 1. The average molecular weight is 323 g/mol. The highest BCUT2D eigenvalue weighted by molar-refractivity contribution is 7.13. The number of piperazine rings is 1. The Labute approximate surface area is 136 Å². The first-order valence-electron chi connectivity index (χ1n) is 7.79. The molecule has 1 aliphatic rings. The van der Waals surface area contributed by atoms with Gasteiger partial charge in [-0.1, -0.05) is 13.3 Å². The van der Waals surface area contributed by atoms with Gasteiger partial charge in [0.1, 0.15) is 0 Å². The van der Waals surface area contributed by atoms with Crippen molar-refractivity contribution in [3.8, 4) is 0 Å². The van der Waals surface area contributed by atoms with Gasteiger partial charge in [-0.25, -0.2) is 0 Å². The number of rotatable bonds is 4. The maximum atomic E-state index is 12.5. The maximum Gasteiger partial charge on any atom is 0.264 e. The molecule has 2 rings (SSSR count). The Morgan fingerprint density at radius 1 is 1.23 bits per heavy atom. The first-order valence-corrected chi connectivity index (χ1v) is 8.61. The molecule has 0 aliphatic carbocycles. The van der Waals surface area contributed by atoms with Crippen molar-refractivity contribution >= 4 is 23.2 Å². The molecule has 22 heavy (non-hydrogen) atoms. The SMILES string of the molecule is CCCC(C)(N)C(=O)N1CCN(C(=O)c2ccc(C)s2)CC1. The maximum absolute atomic E-state index is 12.5. The predicted octanol–water partition coefficient (Wildman–Crippen LogP) is 1.86. The molecule has 0 spiro atoms. The van der Waals surface area contributed by atoms with Crippen LogP contribution in [0.3, 0.4) is 0 Å². The van der Waals surface area contributed by atoms with Crippen molar-refractivity contribution in [2.24, 2.45) is 5.73 Å². The molecule has 1 atom stereocenters. The number of thiophene rings is 1. The quantitative estimate of drug-likeness (QED) is 0.919. The van der Waals surface area contributed by atoms with Crippen LogP contribution >= 0.6 is 11.3 Å². The van der Waals surface area contributed by atoms with Crippen molar-refractivity contribution < 1.29 is 9.59 Å². The number of hydrogen-bond acceptors (Lipinski definition) is 4. The van der Waals surface area contributed by atoms with Crippen LogP contribution < -0.4 is 5.73 Å². The Hall–Kier alpha value is -1.40. The Kier molecular flexibility index (Phi) is 5.24. The Morgan fingerprint density at radius 3 is 2.32 bits per heavy atom. The first-order chi connectivity index (χ1) is 10.3. The third-order valence-electron chi connectivity index (χ3n) is 4.06. The molecule has 2 amide bonds. The summed E-state index contributed by atoms with van der Waals surface area (Å²) in [5.41, 5.74) is 5.32. The van der Waals surface area contributed by atoms with Gasteiger partial charge in [-0.15, -0.1) is 11.3 Å². The van der Waals surface area contributed by atoms with E-state index in [1.807, 2.05) is 30.9 Å². The molecular formula is C16H25N3O2S. The van der Waals surface area contributed by atoms with E-state index < -0.39 is 5.54 Å². The van der Waals surface area contributed by atoms with Crippen LogP contribution in [0.1, 0.15) is 41.2 Å². The highest BCUT2D eigenvalue weighted by Crippen LogP contribution is 2.19. The molecule has 6 heteroatoms. The van der Waals surface area contributed by atoms with E-state index in [1.54, 1.807) is 11.8 Å². The second-order valence-corrected chi connectivity index (χ2v) is 7.45. The lowest BCUT2D eigenvalue weighted by molar-refractivity contribution is -0.138. The molecule has 2 heterocycles. The zero-order valence-corrected chi connectivity index (χ0v) is 14.4. The lowest BCUT2D eigenvalue weighted by Gasteiger charge is -2.38. The molecule has 0 saturated carbocycles. The van der Waals surface area contributed by atoms with Crippen molar-refractivity contribution in [2.45, 2.75) is 39.2 Å². The minimum atomic E-state index is -0.800. The number of hydrogen-bond donors (Lipinski definition) is 1. The third kappa shape index (κ3) is 3.67. The largest absolute Gasteiger partial charge is 0.338 e. The molecule has 1 aliphatic heterocycles. The summed E-state index contributed by atoms with van der Waals surface area (Å²) in [6, 6.07) is 3.83. The Balaban J connectivity index is 1.93. The normalized spacial score (nSPS) is 18.2. The summed E-state index contributed by atoms with van der Waals surface area (Å²) in [6.07, 6.45) is 1.56. The second-order valence-electron chi connectivity index (χ2n) is 6.16. The summed E-state index contributed by atoms with van der Waals surface area (Å²) >= 11 is 1.52. The van der Waals surface area contributed by atoms with Crippen molar-refractivity contribution in [3.05, 3.63) is 21.9 Å². The van der Waals surface area contributed by atoms with Gasteiger partial charge < -0.3 is 15.5 Å². The van der Waals surface area contributed by atoms with Crippen molar-refractivity contribution in [3.63, 3.8) is 0 Å². The van der Waals surface area contributed by atoms with Crippen molar-refractivity contribution in [1.82, 2.24) is 9.80 Å². The van der Waals surface area contributed by atoms with E-state index in [4.69, 9.17) is 5.73 Å². The number of carbonyl (C=O) groups excluding carboxylic acids is 2. The fourth-order valence-electron chi connectivity index (χ4n) is 2.81. The van der Waals surface area contributed by atoms with Crippen LogP contribution in [-0.2, 0) is 4.79 Å². The second kappa shape index (κ2) is 6.79. The van der Waals surface area contributed by atoms with Crippen molar-refractivity contribution in [1.29, 1.82) is 0 Å². The van der Waals surface area contributed by atoms with E-state index in [0.717, 1.165) is 16.2 Å². The van der Waals surface area contributed by atoms with E-state index in [9.17, 15) is 9.59 Å². The highest BCUT2D eigenvalue weighted by atomic mass is 32.1. The fraction of sp³-hybridized carbons (Fsp3) is 0.625. The van der Waals surface area contributed by atoms with Gasteiger partial charge in [-0.3, -0.25) is 9.59 Å². The van der Waals surface area contributed by atoms with Crippen LogP contribution in [0, 0.1) is 6.92 Å². The Bertz CT molecular complexity index is 545. The molecule has 1 aromatic rings. The van der Waals surface area contributed by atoms with E-state index in [0.29, 0.717) is 32.6 Å². The third-order valence-corrected chi connectivity index (χ3v) is 5.05. The summed E-state index contributed by atoms with van der Waals surface area (Å²) < 4.78 is 0. The molecule has 0 bridgehead atoms. The molecule has 1 aromatic heterocycles. The lowest BCUT2D eigenvalue weighted by atomic mass is 9.95. The predicted molar refractivity (Wildman–Crippen MR) is 89.0 cm³/mol. The van der Waals surface area contributed by atoms with Crippen molar-refractivity contribution in [2.75, 3.05) is 26.2 Å². The molecular weight excluding hydrogens is 298 g/mol. The van der Waals surface area contributed by atoms with Crippen LogP contribution in [0.15, 0.2) is 12.1 Å². The van der Waals surface area contributed by atoms with Gasteiger partial charge in [-0.2, -0.15) is 0 Å². The smallest absolute Gasteiger partial charge is 0.264 e. The molecule has 1 unspecified atom stereocenters. The number of nitrogens with zero attached hydrogens (tertiary/aromatic N) is 2. The van der Waals surface area contributed by atoms with Crippen LogP contribution in [0.25, 0.3) is 0 Å². The number of carbonyl (C=O) groups is 2. The van der Waals surface area contributed by atoms with Crippen LogP contribution in [0.5, 0.6) is 0 Å². The Morgan fingerprint density at radius 2 is 1.82 bits per heavy atom. The van der Waals surface area contributed by atoms with Gasteiger partial charge in [0.2, 0.25) is 5.91 Å². The standard InChI is InChI=1S/C16H25N3O2S/c1-4-7-16(3,17)15(21)19-10-8-18(9-11-19)14(20)13-6-5-12(2)22-13/h5-6H,4,7-11,17H2,1-3H3. The fourth-order valence-corrected chi connectivity index (χ4v) is 3.64. The summed E-state index contributed by atoms with van der Waals surface area (Å²) in [5.74, 6) is 0.0580. The zero-order chi connectivity index (χ0) is 16.3. The minimum absolute atomic E-state index is 0.00610. The van der Waals surface area contributed by atoms with Gasteiger partial charge in [0, 0.05) is 31.1 Å². The zero-order valence-electron chi connectivity index (χ0n) is 13.6. The number of amides is 2. The van der Waals surface area contributed by atoms with Gasteiger partial charge in [0.25, 0.3) is 5.91 Å². The van der Waals surface area contributed by atoms with Crippen LogP contribution in [-0.4, -0.2) is 53.3 Å². The summed E-state index contributed by atoms with van der Waals surface area (Å²) in [7, 11) is 0. The van der Waals surface area contributed by atoms with E-state index in [2.05, 4.69) is 0 Å². The topological polar surface area (TPSA) is 66.6 Å². The van der Waals surface area contributed by atoms with E-state index >= 15 is 0 Å². The molecule has 1 fully saturated rings. The lowest BCUT2D eigenvalue weighted by Crippen LogP contribution is -2.58. The van der Waals surface area contributed by atoms with E-state index in [-0.39, 0.29) is 11.8 Å². The summed E-state index contributed by atoms with van der Waals surface area (Å²) in [4.78, 5) is 30.4. The molecule has 5 nitrogen and oxygen atoms in total. The van der Waals surface area contributed by atoms with Gasteiger partial charge >= 0.3 is 0 Å². The molecule has 2 N–H and O–H groups in total. The average Bonchev–Trinajstić information content (AvgIpc) is 2.92. The monoisotopic (exact) mass is 323 g/mol.